The van der Waals surface area contributed by atoms with Gasteiger partial charge in [-0.3, -0.25) is 20.0 Å². The molecule has 0 radical (unpaired) electrons. The molecular weight excluding hydrogens is 390 g/mol. The van der Waals surface area contributed by atoms with Crippen molar-refractivity contribution in [2.24, 2.45) is 0 Å². The maximum Gasteiger partial charge on any atom is 0.328 e. The van der Waals surface area contributed by atoms with Gasteiger partial charge in [0, 0.05) is 41.0 Å². The molecule has 4 rings (SSSR count). The fourth-order valence-corrected chi connectivity index (χ4v) is 3.37. The van der Waals surface area contributed by atoms with Gasteiger partial charge in [0.1, 0.15) is 6.04 Å². The van der Waals surface area contributed by atoms with Crippen molar-refractivity contribution >= 4 is 39.4 Å². The number of nitro benzene ring substituents is 1. The van der Waals surface area contributed by atoms with Gasteiger partial charge in [-0.25, -0.2) is 4.79 Å². The zero-order chi connectivity index (χ0) is 21.3. The van der Waals surface area contributed by atoms with Gasteiger partial charge in [-0.05, 0) is 17.7 Å². The standard InChI is InChI=1S/C20H17N5O5/c1-30-20(27)17(8-11-10-21-15-5-3-2-4-13(11)15)22-19(26)18-14-9-12(25(28)29)6-7-16(14)23-24-18/h2-7,9-10,17,21H,8H2,1H3,(H,22,26)(H,23,24)/t17-/m1/s1. The van der Waals surface area contributed by atoms with Crippen LogP contribution < -0.4 is 5.32 Å². The number of benzene rings is 2. The molecule has 2 aromatic heterocycles. The van der Waals surface area contributed by atoms with Gasteiger partial charge in [0.25, 0.3) is 11.6 Å². The molecule has 3 N–H and O–H groups in total. The third-order valence-corrected chi connectivity index (χ3v) is 4.86. The number of esters is 1. The highest BCUT2D eigenvalue weighted by Gasteiger charge is 2.26. The fraction of sp³-hybridized carbons (Fsp3) is 0.150. The van der Waals surface area contributed by atoms with E-state index in [0.717, 1.165) is 16.5 Å². The Bertz CT molecular complexity index is 1280. The Hall–Kier alpha value is -4.21. The number of non-ortho nitro benzene ring substituents is 1. The third-order valence-electron chi connectivity index (χ3n) is 4.86. The molecule has 10 nitrogen and oxygen atoms in total. The average molecular weight is 407 g/mol. The highest BCUT2D eigenvalue weighted by atomic mass is 16.6. The van der Waals surface area contributed by atoms with Crippen LogP contribution in [-0.2, 0) is 16.0 Å². The van der Waals surface area contributed by atoms with Gasteiger partial charge in [-0.15, -0.1) is 0 Å². The van der Waals surface area contributed by atoms with E-state index in [0.29, 0.717) is 5.52 Å². The van der Waals surface area contributed by atoms with Crippen molar-refractivity contribution in [3.05, 3.63) is 70.0 Å². The molecule has 1 atom stereocenters. The molecule has 0 aliphatic carbocycles. The van der Waals surface area contributed by atoms with Crippen LogP contribution in [0.4, 0.5) is 5.69 Å². The van der Waals surface area contributed by atoms with Crippen molar-refractivity contribution in [1.82, 2.24) is 20.5 Å². The maximum atomic E-state index is 12.8. The van der Waals surface area contributed by atoms with Gasteiger partial charge in [0.15, 0.2) is 5.69 Å². The molecule has 2 aromatic carbocycles. The monoisotopic (exact) mass is 407 g/mol. The Morgan fingerprint density at radius 2 is 2.00 bits per heavy atom. The normalized spacial score (nSPS) is 12.0. The number of para-hydroxylation sites is 1. The van der Waals surface area contributed by atoms with Crippen LogP contribution in [0.25, 0.3) is 21.8 Å². The maximum absolute atomic E-state index is 12.8. The molecular formula is C20H17N5O5. The highest BCUT2D eigenvalue weighted by Crippen LogP contribution is 2.23. The minimum atomic E-state index is -0.966. The molecule has 0 fully saturated rings. The van der Waals surface area contributed by atoms with Crippen molar-refractivity contribution < 1.29 is 19.2 Å². The van der Waals surface area contributed by atoms with Gasteiger partial charge in [-0.2, -0.15) is 5.10 Å². The van der Waals surface area contributed by atoms with Crippen LogP contribution in [-0.4, -0.2) is 45.1 Å². The number of amides is 1. The summed E-state index contributed by atoms with van der Waals surface area (Å²) in [5, 5.41) is 21.5. The Morgan fingerprint density at radius 3 is 2.77 bits per heavy atom. The number of rotatable bonds is 6. The second-order valence-corrected chi connectivity index (χ2v) is 6.67. The molecule has 0 saturated carbocycles. The Balaban J connectivity index is 1.63. The smallest absolute Gasteiger partial charge is 0.328 e. The lowest BCUT2D eigenvalue weighted by molar-refractivity contribution is -0.384. The number of H-pyrrole nitrogens is 2. The summed E-state index contributed by atoms with van der Waals surface area (Å²) in [5.74, 6) is -1.25. The van der Waals surface area contributed by atoms with Gasteiger partial charge >= 0.3 is 5.97 Å². The first-order valence-electron chi connectivity index (χ1n) is 9.04. The second-order valence-electron chi connectivity index (χ2n) is 6.67. The lowest BCUT2D eigenvalue weighted by Crippen LogP contribution is -2.43. The minimum Gasteiger partial charge on any atom is -0.467 e. The molecule has 0 bridgehead atoms. The molecule has 0 aliphatic heterocycles. The van der Waals surface area contributed by atoms with Crippen molar-refractivity contribution in [3.63, 3.8) is 0 Å². The molecule has 0 spiro atoms. The van der Waals surface area contributed by atoms with Crippen LogP contribution >= 0.6 is 0 Å². The molecule has 152 valence electrons. The Morgan fingerprint density at radius 1 is 1.20 bits per heavy atom. The molecule has 10 heteroatoms. The summed E-state index contributed by atoms with van der Waals surface area (Å²) in [6, 6.07) is 10.7. The van der Waals surface area contributed by atoms with Crippen LogP contribution in [0.5, 0.6) is 0 Å². The van der Waals surface area contributed by atoms with Crippen LogP contribution in [0.15, 0.2) is 48.7 Å². The number of carbonyl (C=O) groups is 2. The summed E-state index contributed by atoms with van der Waals surface area (Å²) in [5.41, 5.74) is 2.01. The number of nitrogens with zero attached hydrogens (tertiary/aromatic N) is 2. The molecule has 0 unspecified atom stereocenters. The number of fused-ring (bicyclic) bond motifs is 2. The number of hydrogen-bond acceptors (Lipinski definition) is 6. The Labute approximate surface area is 169 Å². The number of nitrogens with one attached hydrogen (secondary N) is 3. The first kappa shape index (κ1) is 19.1. The number of methoxy groups -OCH3 is 1. The summed E-state index contributed by atoms with van der Waals surface area (Å²) in [4.78, 5) is 38.8. The van der Waals surface area contributed by atoms with Crippen LogP contribution in [0.1, 0.15) is 16.1 Å². The second kappa shape index (κ2) is 7.66. The zero-order valence-electron chi connectivity index (χ0n) is 15.8. The van der Waals surface area contributed by atoms with E-state index in [-0.39, 0.29) is 23.2 Å². The summed E-state index contributed by atoms with van der Waals surface area (Å²) in [6.45, 7) is 0. The summed E-state index contributed by atoms with van der Waals surface area (Å²) < 4.78 is 4.85. The molecule has 0 aliphatic rings. The minimum absolute atomic E-state index is 0.0403. The predicted molar refractivity (Wildman–Crippen MR) is 108 cm³/mol. The molecule has 1 amide bonds. The largest absolute Gasteiger partial charge is 0.467 e. The van der Waals surface area contributed by atoms with E-state index in [1.165, 1.54) is 25.3 Å². The highest BCUT2D eigenvalue weighted by molar-refractivity contribution is 6.06. The number of hydrogen-bond donors (Lipinski definition) is 3. The molecule has 4 aromatic rings. The van der Waals surface area contributed by atoms with Gasteiger partial charge in [-0.1, -0.05) is 18.2 Å². The SMILES string of the molecule is COC(=O)[C@@H](Cc1c[nH]c2ccccc12)NC(=O)c1n[nH]c2ccc([N+](=O)[O-])cc12. The van der Waals surface area contributed by atoms with Crippen molar-refractivity contribution in [1.29, 1.82) is 0 Å². The Kier molecular flexibility index (Phi) is 4.88. The lowest BCUT2D eigenvalue weighted by atomic mass is 10.0. The summed E-state index contributed by atoms with van der Waals surface area (Å²) in [6.07, 6.45) is 1.98. The van der Waals surface area contributed by atoms with Crippen molar-refractivity contribution in [2.75, 3.05) is 7.11 Å². The van der Waals surface area contributed by atoms with E-state index >= 15 is 0 Å². The number of aromatic amines is 2. The van der Waals surface area contributed by atoms with E-state index in [1.54, 1.807) is 6.20 Å². The van der Waals surface area contributed by atoms with Crippen molar-refractivity contribution in [3.8, 4) is 0 Å². The van der Waals surface area contributed by atoms with Gasteiger partial charge in [0.2, 0.25) is 0 Å². The van der Waals surface area contributed by atoms with Crippen LogP contribution in [0.2, 0.25) is 0 Å². The van der Waals surface area contributed by atoms with E-state index in [9.17, 15) is 19.7 Å². The first-order valence-corrected chi connectivity index (χ1v) is 9.04. The lowest BCUT2D eigenvalue weighted by Gasteiger charge is -2.15. The van der Waals surface area contributed by atoms with E-state index < -0.39 is 22.8 Å². The number of carbonyl (C=O) groups excluding carboxylic acids is 2. The molecule has 30 heavy (non-hydrogen) atoms. The quantitative estimate of drug-likeness (QED) is 0.254. The van der Waals surface area contributed by atoms with E-state index in [1.807, 2.05) is 24.3 Å². The topological polar surface area (TPSA) is 143 Å². The fourth-order valence-electron chi connectivity index (χ4n) is 3.37. The van der Waals surface area contributed by atoms with Gasteiger partial charge in [0.05, 0.1) is 17.5 Å². The third kappa shape index (κ3) is 3.46. The average Bonchev–Trinajstić information content (AvgIpc) is 3.36. The number of nitro groups is 1. The molecule has 2 heterocycles. The molecule has 0 saturated heterocycles. The van der Waals surface area contributed by atoms with Crippen LogP contribution in [0, 0.1) is 10.1 Å². The van der Waals surface area contributed by atoms with Crippen LogP contribution in [0.3, 0.4) is 0 Å². The summed E-state index contributed by atoms with van der Waals surface area (Å²) in [7, 11) is 1.24. The van der Waals surface area contributed by atoms with Crippen molar-refractivity contribution in [2.45, 2.75) is 12.5 Å². The first-order chi connectivity index (χ1) is 14.5. The number of ether oxygens (including phenoxy) is 1. The zero-order valence-corrected chi connectivity index (χ0v) is 15.8. The van der Waals surface area contributed by atoms with E-state index in [4.69, 9.17) is 4.74 Å². The summed E-state index contributed by atoms with van der Waals surface area (Å²) >= 11 is 0. The van der Waals surface area contributed by atoms with E-state index in [2.05, 4.69) is 20.5 Å². The number of aromatic nitrogens is 3. The van der Waals surface area contributed by atoms with Gasteiger partial charge < -0.3 is 15.0 Å². The predicted octanol–water partition coefficient (Wildman–Crippen LogP) is 2.47.